The average Bonchev–Trinajstić information content (AvgIpc) is 3.48. The zero-order chi connectivity index (χ0) is 22.1. The van der Waals surface area contributed by atoms with Gasteiger partial charge >= 0.3 is 0 Å². The summed E-state index contributed by atoms with van der Waals surface area (Å²) in [7, 11) is 0. The fraction of sp³-hybridized carbons (Fsp3) is 0.391. The van der Waals surface area contributed by atoms with Gasteiger partial charge in [0.15, 0.2) is 0 Å². The van der Waals surface area contributed by atoms with Crippen LogP contribution in [0.1, 0.15) is 36.1 Å². The maximum atomic E-state index is 8.23. The lowest BCUT2D eigenvalue weighted by atomic mass is 9.95. The second-order valence-corrected chi connectivity index (χ2v) is 8.34. The van der Waals surface area contributed by atoms with Gasteiger partial charge in [-0.3, -0.25) is 10.1 Å². The molecule has 1 aliphatic carbocycles. The molecule has 1 fully saturated rings. The smallest absolute Gasteiger partial charge is 0.143 e. The van der Waals surface area contributed by atoms with Crippen molar-refractivity contribution in [2.45, 2.75) is 31.7 Å². The molecular formula is C23H28N8O. The highest BCUT2D eigenvalue weighted by molar-refractivity contribution is 5.97. The van der Waals surface area contributed by atoms with Crippen LogP contribution in [0.15, 0.2) is 30.6 Å². The van der Waals surface area contributed by atoms with Gasteiger partial charge in [-0.05, 0) is 48.6 Å². The first-order valence-electron chi connectivity index (χ1n) is 11.0. The highest BCUT2D eigenvalue weighted by atomic mass is 16.5. The highest BCUT2D eigenvalue weighted by Gasteiger charge is 2.28. The van der Waals surface area contributed by atoms with Crippen LogP contribution in [0.3, 0.4) is 0 Å². The third-order valence-electron chi connectivity index (χ3n) is 6.40. The van der Waals surface area contributed by atoms with Crippen molar-refractivity contribution in [3.05, 3.63) is 47.4 Å². The SMILES string of the molecule is C[C@@H]1COCCN1c1cc(-c2ccnc3c2CCC3CN)c(C=N)c(Nc2ccn[nH]2)n1. The summed E-state index contributed by atoms with van der Waals surface area (Å²) in [6, 6.07) is 6.20. The molecular weight excluding hydrogens is 404 g/mol. The lowest BCUT2D eigenvalue weighted by molar-refractivity contribution is 0.0985. The van der Waals surface area contributed by atoms with Crippen molar-refractivity contribution in [1.29, 1.82) is 5.41 Å². The Balaban J connectivity index is 1.68. The van der Waals surface area contributed by atoms with Gasteiger partial charge < -0.3 is 26.1 Å². The molecule has 5 N–H and O–H groups in total. The zero-order valence-corrected chi connectivity index (χ0v) is 18.1. The van der Waals surface area contributed by atoms with E-state index in [-0.39, 0.29) is 12.0 Å². The number of nitrogens with two attached hydrogens (primary N) is 1. The van der Waals surface area contributed by atoms with Gasteiger partial charge in [-0.15, -0.1) is 0 Å². The van der Waals surface area contributed by atoms with Crippen molar-refractivity contribution in [3.8, 4) is 11.1 Å². The number of nitrogens with one attached hydrogen (secondary N) is 3. The molecule has 1 aliphatic heterocycles. The van der Waals surface area contributed by atoms with Gasteiger partial charge in [-0.25, -0.2) is 4.98 Å². The summed E-state index contributed by atoms with van der Waals surface area (Å²) < 4.78 is 5.64. The second kappa shape index (κ2) is 8.68. The summed E-state index contributed by atoms with van der Waals surface area (Å²) in [5, 5.41) is 18.5. The Morgan fingerprint density at radius 2 is 2.25 bits per heavy atom. The van der Waals surface area contributed by atoms with Crippen LogP contribution < -0.4 is 16.0 Å². The Morgan fingerprint density at radius 1 is 1.34 bits per heavy atom. The fourth-order valence-corrected chi connectivity index (χ4v) is 4.73. The molecule has 2 aliphatic rings. The summed E-state index contributed by atoms with van der Waals surface area (Å²) in [5.41, 5.74) is 11.1. The minimum atomic E-state index is 0.208. The number of aromatic nitrogens is 4. The van der Waals surface area contributed by atoms with Crippen LogP contribution in [0.2, 0.25) is 0 Å². The summed E-state index contributed by atoms with van der Waals surface area (Å²) in [6.07, 6.45) is 6.86. The normalized spacial score (nSPS) is 20.2. The predicted molar refractivity (Wildman–Crippen MR) is 125 cm³/mol. The lowest BCUT2D eigenvalue weighted by Gasteiger charge is -2.35. The number of morpholine rings is 1. The summed E-state index contributed by atoms with van der Waals surface area (Å²) in [4.78, 5) is 11.8. The molecule has 1 saturated heterocycles. The van der Waals surface area contributed by atoms with Crippen LogP contribution in [0.5, 0.6) is 0 Å². The minimum absolute atomic E-state index is 0.208. The van der Waals surface area contributed by atoms with Crippen molar-refractivity contribution in [3.63, 3.8) is 0 Å². The number of anilines is 3. The quantitative estimate of drug-likeness (QED) is 0.441. The van der Waals surface area contributed by atoms with Gasteiger partial charge in [0.25, 0.3) is 0 Å². The van der Waals surface area contributed by atoms with Crippen LogP contribution in [0.4, 0.5) is 17.5 Å². The molecule has 3 aromatic rings. The van der Waals surface area contributed by atoms with E-state index in [0.717, 1.165) is 53.4 Å². The van der Waals surface area contributed by atoms with Gasteiger partial charge in [-0.1, -0.05) is 0 Å². The first-order valence-corrected chi connectivity index (χ1v) is 11.0. The van der Waals surface area contributed by atoms with Gasteiger partial charge in [0.05, 0.1) is 25.5 Å². The number of rotatable bonds is 6. The number of fused-ring (bicyclic) bond motifs is 1. The van der Waals surface area contributed by atoms with Gasteiger partial charge in [0.2, 0.25) is 0 Å². The Morgan fingerprint density at radius 3 is 3.00 bits per heavy atom. The van der Waals surface area contributed by atoms with Crippen LogP contribution in [-0.4, -0.2) is 58.7 Å². The summed E-state index contributed by atoms with van der Waals surface area (Å²) in [6.45, 7) is 4.84. The molecule has 0 spiro atoms. The second-order valence-electron chi connectivity index (χ2n) is 8.34. The minimum Gasteiger partial charge on any atom is -0.377 e. The van der Waals surface area contributed by atoms with E-state index in [0.29, 0.717) is 25.6 Å². The number of aromatic amines is 1. The molecule has 2 atom stereocenters. The van der Waals surface area contributed by atoms with Gasteiger partial charge in [0, 0.05) is 48.7 Å². The first-order chi connectivity index (χ1) is 15.7. The third kappa shape index (κ3) is 3.63. The Labute approximate surface area is 186 Å². The van der Waals surface area contributed by atoms with Gasteiger partial charge in [-0.2, -0.15) is 5.10 Å². The number of nitrogens with zero attached hydrogens (tertiary/aromatic N) is 4. The molecule has 166 valence electrons. The number of hydrogen-bond donors (Lipinski definition) is 4. The van der Waals surface area contributed by atoms with Crippen molar-refractivity contribution in [2.75, 3.05) is 36.5 Å². The molecule has 32 heavy (non-hydrogen) atoms. The van der Waals surface area contributed by atoms with E-state index in [1.165, 1.54) is 11.8 Å². The van der Waals surface area contributed by atoms with E-state index < -0.39 is 0 Å². The molecule has 0 radical (unpaired) electrons. The van der Waals surface area contributed by atoms with E-state index in [9.17, 15) is 0 Å². The maximum absolute atomic E-state index is 8.23. The third-order valence-corrected chi connectivity index (χ3v) is 6.40. The van der Waals surface area contributed by atoms with E-state index in [1.807, 2.05) is 18.3 Å². The van der Waals surface area contributed by atoms with E-state index >= 15 is 0 Å². The van der Waals surface area contributed by atoms with Crippen LogP contribution >= 0.6 is 0 Å². The number of ether oxygens (including phenoxy) is 1. The van der Waals surface area contributed by atoms with E-state index in [4.69, 9.17) is 20.9 Å². The molecule has 0 amide bonds. The largest absolute Gasteiger partial charge is 0.377 e. The lowest BCUT2D eigenvalue weighted by Crippen LogP contribution is -2.44. The zero-order valence-electron chi connectivity index (χ0n) is 18.1. The monoisotopic (exact) mass is 432 g/mol. The maximum Gasteiger partial charge on any atom is 0.143 e. The Bertz CT molecular complexity index is 1110. The molecule has 9 nitrogen and oxygen atoms in total. The van der Waals surface area contributed by atoms with Crippen LogP contribution in [0.25, 0.3) is 11.1 Å². The molecule has 4 heterocycles. The molecule has 5 rings (SSSR count). The van der Waals surface area contributed by atoms with Crippen LogP contribution in [0, 0.1) is 5.41 Å². The summed E-state index contributed by atoms with van der Waals surface area (Å²) >= 11 is 0. The first kappa shape index (κ1) is 20.6. The topological polar surface area (TPSA) is 129 Å². The molecule has 0 bridgehead atoms. The average molecular weight is 433 g/mol. The molecule has 9 heteroatoms. The molecule has 1 unspecified atom stereocenters. The Hall–Kier alpha value is -3.30. The predicted octanol–water partition coefficient (Wildman–Crippen LogP) is 2.82. The molecule has 3 aromatic heterocycles. The van der Waals surface area contributed by atoms with E-state index in [1.54, 1.807) is 6.20 Å². The van der Waals surface area contributed by atoms with Crippen molar-refractivity contribution in [2.24, 2.45) is 5.73 Å². The number of H-pyrrole nitrogens is 1. The van der Waals surface area contributed by atoms with Crippen molar-refractivity contribution < 1.29 is 4.74 Å². The number of pyridine rings is 2. The standard InChI is InChI=1S/C23H28N8O/c1-14-13-32-9-8-31(14)21-10-18(16-4-6-26-22-15(11-24)2-3-17(16)22)19(12-25)23(29-21)28-20-5-7-27-30-20/h4-7,10,12,14-15,25H,2-3,8-9,11,13,24H2,1H3,(H2,27,28,29,30)/t14-,15?/m1/s1. The Kier molecular flexibility index (Phi) is 5.59. The molecule has 0 saturated carbocycles. The van der Waals surface area contributed by atoms with Crippen molar-refractivity contribution >= 4 is 23.7 Å². The van der Waals surface area contributed by atoms with E-state index in [2.05, 4.69) is 38.4 Å². The molecule has 0 aromatic carbocycles. The fourth-order valence-electron chi connectivity index (χ4n) is 4.73. The van der Waals surface area contributed by atoms with Crippen molar-refractivity contribution in [1.82, 2.24) is 20.2 Å². The summed E-state index contributed by atoms with van der Waals surface area (Å²) in [5.74, 6) is 2.50. The van der Waals surface area contributed by atoms with Gasteiger partial charge in [0.1, 0.15) is 17.5 Å². The van der Waals surface area contributed by atoms with Crippen LogP contribution in [-0.2, 0) is 11.2 Å². The number of hydrogen-bond acceptors (Lipinski definition) is 8. The highest BCUT2D eigenvalue weighted by Crippen LogP contribution is 2.40.